The molecule has 0 radical (unpaired) electrons. The summed E-state index contributed by atoms with van der Waals surface area (Å²) in [6.07, 6.45) is 1.01. The van der Waals surface area contributed by atoms with Gasteiger partial charge in [0.15, 0.2) is 0 Å². The van der Waals surface area contributed by atoms with E-state index in [0.717, 1.165) is 34.2 Å². The minimum atomic E-state index is 0.119. The van der Waals surface area contributed by atoms with E-state index >= 15 is 0 Å². The molecule has 0 aromatic carbocycles. The number of hydrogen-bond donors (Lipinski definition) is 2. The number of anilines is 2. The molecule has 5 nitrogen and oxygen atoms in total. The van der Waals surface area contributed by atoms with Crippen LogP contribution in [0.5, 0.6) is 0 Å². The standard InChI is InChI=1S/C12H18N4OS2/c1-3-4-16(5-6-17)12-9(10(13)15-19-12)11-14-8(2)7-18-11/h7,17H,3-6H2,1-2H3,(H2,13,15). The largest absolute Gasteiger partial charge is 0.395 e. The molecule has 2 heterocycles. The summed E-state index contributed by atoms with van der Waals surface area (Å²) in [4.78, 5) is 6.62. The van der Waals surface area contributed by atoms with Crippen LogP contribution in [0.15, 0.2) is 5.38 Å². The zero-order valence-electron chi connectivity index (χ0n) is 11.1. The lowest BCUT2D eigenvalue weighted by atomic mass is 10.3. The second-order valence-electron chi connectivity index (χ2n) is 4.25. The molecule has 0 aliphatic carbocycles. The molecule has 0 saturated carbocycles. The predicted octanol–water partition coefficient (Wildman–Crippen LogP) is 2.37. The van der Waals surface area contributed by atoms with Crippen LogP contribution in [0.2, 0.25) is 0 Å². The van der Waals surface area contributed by atoms with Gasteiger partial charge in [0.25, 0.3) is 0 Å². The summed E-state index contributed by atoms with van der Waals surface area (Å²) in [5, 5.41) is 13.1. The predicted molar refractivity (Wildman–Crippen MR) is 82.0 cm³/mol. The van der Waals surface area contributed by atoms with Gasteiger partial charge >= 0.3 is 0 Å². The van der Waals surface area contributed by atoms with Crippen molar-refractivity contribution in [1.82, 2.24) is 9.36 Å². The highest BCUT2D eigenvalue weighted by molar-refractivity contribution is 7.15. The normalized spacial score (nSPS) is 10.9. The van der Waals surface area contributed by atoms with Gasteiger partial charge in [0, 0.05) is 24.2 Å². The average Bonchev–Trinajstić information content (AvgIpc) is 2.95. The summed E-state index contributed by atoms with van der Waals surface area (Å²) in [6.45, 7) is 5.66. The molecule has 7 heteroatoms. The van der Waals surface area contributed by atoms with Crippen molar-refractivity contribution in [2.75, 3.05) is 30.3 Å². The molecule has 19 heavy (non-hydrogen) atoms. The van der Waals surface area contributed by atoms with Gasteiger partial charge in [-0.2, -0.15) is 4.37 Å². The Hall–Kier alpha value is -1.18. The number of nitrogen functional groups attached to an aromatic ring is 1. The first-order chi connectivity index (χ1) is 9.17. The first-order valence-corrected chi connectivity index (χ1v) is 7.86. The van der Waals surface area contributed by atoms with Gasteiger partial charge in [-0.25, -0.2) is 4.98 Å². The highest BCUT2D eigenvalue weighted by atomic mass is 32.1. The molecule has 0 atom stereocenters. The Bertz CT molecular complexity index is 532. The van der Waals surface area contributed by atoms with Crippen LogP contribution in [0, 0.1) is 6.92 Å². The smallest absolute Gasteiger partial charge is 0.149 e. The van der Waals surface area contributed by atoms with Crippen molar-refractivity contribution in [1.29, 1.82) is 0 Å². The second-order valence-corrected chi connectivity index (χ2v) is 5.86. The van der Waals surface area contributed by atoms with Crippen molar-refractivity contribution < 1.29 is 5.11 Å². The van der Waals surface area contributed by atoms with Gasteiger partial charge in [-0.05, 0) is 24.9 Å². The molecule has 0 spiro atoms. The SMILES string of the molecule is CCCN(CCO)c1snc(N)c1-c1nc(C)cs1. The Labute approximate surface area is 120 Å². The van der Waals surface area contributed by atoms with Gasteiger partial charge < -0.3 is 15.7 Å². The zero-order valence-corrected chi connectivity index (χ0v) is 12.7. The fourth-order valence-electron chi connectivity index (χ4n) is 1.88. The van der Waals surface area contributed by atoms with Crippen LogP contribution in [0.3, 0.4) is 0 Å². The molecule has 2 rings (SSSR count). The third kappa shape index (κ3) is 3.05. The molecule has 0 unspecified atom stereocenters. The molecule has 0 aliphatic heterocycles. The Morgan fingerprint density at radius 2 is 2.21 bits per heavy atom. The second kappa shape index (κ2) is 6.31. The number of nitrogens with two attached hydrogens (primary N) is 1. The van der Waals surface area contributed by atoms with E-state index in [1.165, 1.54) is 11.5 Å². The van der Waals surface area contributed by atoms with Gasteiger partial charge in [-0.1, -0.05) is 6.92 Å². The van der Waals surface area contributed by atoms with Crippen molar-refractivity contribution in [3.8, 4) is 10.6 Å². The van der Waals surface area contributed by atoms with Crippen LogP contribution in [0.25, 0.3) is 10.6 Å². The quantitative estimate of drug-likeness (QED) is 0.856. The first-order valence-electron chi connectivity index (χ1n) is 6.20. The maximum absolute atomic E-state index is 9.20. The van der Waals surface area contributed by atoms with Gasteiger partial charge in [0.1, 0.15) is 15.8 Å². The van der Waals surface area contributed by atoms with E-state index in [4.69, 9.17) is 5.73 Å². The van der Waals surface area contributed by atoms with E-state index in [9.17, 15) is 5.11 Å². The lowest BCUT2D eigenvalue weighted by molar-refractivity contribution is 0.302. The van der Waals surface area contributed by atoms with Crippen LogP contribution in [0.4, 0.5) is 10.8 Å². The summed E-state index contributed by atoms with van der Waals surface area (Å²) < 4.78 is 4.25. The van der Waals surface area contributed by atoms with Gasteiger partial charge in [0.05, 0.1) is 12.2 Å². The molecule has 2 aromatic rings. The number of thiazole rings is 1. The number of aliphatic hydroxyl groups excluding tert-OH is 1. The Kier molecular flexibility index (Phi) is 4.73. The summed E-state index contributed by atoms with van der Waals surface area (Å²) in [5.41, 5.74) is 7.88. The van der Waals surface area contributed by atoms with Crippen molar-refractivity contribution in [3.05, 3.63) is 11.1 Å². The van der Waals surface area contributed by atoms with Gasteiger partial charge in [-0.3, -0.25) is 0 Å². The van der Waals surface area contributed by atoms with Gasteiger partial charge in [-0.15, -0.1) is 11.3 Å². The van der Waals surface area contributed by atoms with Crippen LogP contribution in [-0.4, -0.2) is 34.2 Å². The van der Waals surface area contributed by atoms with Gasteiger partial charge in [0.2, 0.25) is 0 Å². The Balaban J connectivity index is 2.40. The van der Waals surface area contributed by atoms with Crippen molar-refractivity contribution in [3.63, 3.8) is 0 Å². The molecule has 0 aliphatic rings. The summed E-state index contributed by atoms with van der Waals surface area (Å²) in [7, 11) is 0. The first kappa shape index (κ1) is 14.2. The Morgan fingerprint density at radius 1 is 1.42 bits per heavy atom. The van der Waals surface area contributed by atoms with Crippen LogP contribution in [0.1, 0.15) is 19.0 Å². The molecular weight excluding hydrogens is 280 g/mol. The van der Waals surface area contributed by atoms with Crippen LogP contribution in [-0.2, 0) is 0 Å². The fraction of sp³-hybridized carbons (Fsp3) is 0.500. The Morgan fingerprint density at radius 3 is 2.79 bits per heavy atom. The minimum absolute atomic E-state index is 0.119. The third-order valence-corrected chi connectivity index (χ3v) is 4.58. The molecule has 0 saturated heterocycles. The number of rotatable bonds is 6. The van der Waals surface area contributed by atoms with E-state index in [2.05, 4.69) is 21.2 Å². The van der Waals surface area contributed by atoms with Crippen molar-refractivity contribution in [2.24, 2.45) is 0 Å². The molecular formula is C12H18N4OS2. The van der Waals surface area contributed by atoms with Crippen molar-refractivity contribution in [2.45, 2.75) is 20.3 Å². The fourth-order valence-corrected chi connectivity index (χ4v) is 3.67. The van der Waals surface area contributed by atoms with E-state index in [0.29, 0.717) is 12.4 Å². The maximum atomic E-state index is 9.20. The molecule has 3 N–H and O–H groups in total. The average molecular weight is 298 g/mol. The highest BCUT2D eigenvalue weighted by Crippen LogP contribution is 2.40. The van der Waals surface area contributed by atoms with Crippen LogP contribution < -0.4 is 10.6 Å². The number of aryl methyl sites for hydroxylation is 1. The summed E-state index contributed by atoms with van der Waals surface area (Å²) >= 11 is 2.95. The maximum Gasteiger partial charge on any atom is 0.149 e. The number of aromatic nitrogens is 2. The zero-order chi connectivity index (χ0) is 13.8. The lowest BCUT2D eigenvalue weighted by Crippen LogP contribution is -2.27. The highest BCUT2D eigenvalue weighted by Gasteiger charge is 2.20. The van der Waals surface area contributed by atoms with E-state index in [1.807, 2.05) is 12.3 Å². The minimum Gasteiger partial charge on any atom is -0.395 e. The third-order valence-electron chi connectivity index (χ3n) is 2.68. The number of hydrogen-bond acceptors (Lipinski definition) is 7. The molecule has 0 amide bonds. The van der Waals surface area contributed by atoms with E-state index in [1.54, 1.807) is 11.3 Å². The molecule has 2 aromatic heterocycles. The molecule has 0 bridgehead atoms. The van der Waals surface area contributed by atoms with E-state index in [-0.39, 0.29) is 6.61 Å². The lowest BCUT2D eigenvalue weighted by Gasteiger charge is -2.21. The summed E-state index contributed by atoms with van der Waals surface area (Å²) in [5.74, 6) is 0.522. The molecule has 0 fully saturated rings. The number of nitrogens with zero attached hydrogens (tertiary/aromatic N) is 3. The van der Waals surface area contributed by atoms with E-state index < -0.39 is 0 Å². The molecule has 104 valence electrons. The van der Waals surface area contributed by atoms with Crippen LogP contribution >= 0.6 is 22.9 Å². The topological polar surface area (TPSA) is 75.3 Å². The monoisotopic (exact) mass is 298 g/mol. The summed E-state index contributed by atoms with van der Waals surface area (Å²) in [6, 6.07) is 0. The number of aliphatic hydroxyl groups is 1. The van der Waals surface area contributed by atoms with Crippen molar-refractivity contribution >= 4 is 33.7 Å².